The fourth-order valence-corrected chi connectivity index (χ4v) is 3.10. The maximum absolute atomic E-state index is 14.1. The second-order valence-corrected chi connectivity index (χ2v) is 6.39. The largest absolute Gasteiger partial charge is 0.378 e. The fraction of sp³-hybridized carbons (Fsp3) is 0.444. The van der Waals surface area contributed by atoms with E-state index in [0.29, 0.717) is 19.0 Å². The summed E-state index contributed by atoms with van der Waals surface area (Å²) in [6.07, 6.45) is 3.53. The number of anilines is 2. The number of aromatic nitrogens is 2. The van der Waals surface area contributed by atoms with Gasteiger partial charge in [-0.25, -0.2) is 18.7 Å². The molecule has 1 saturated heterocycles. The number of rotatable bonds is 5. The van der Waals surface area contributed by atoms with Gasteiger partial charge in [-0.1, -0.05) is 6.07 Å². The van der Waals surface area contributed by atoms with Crippen molar-refractivity contribution in [1.82, 2.24) is 9.97 Å². The number of hydrogen-bond donors (Lipinski definition) is 0. The number of nitrogens with zero attached hydrogens (tertiary/aromatic N) is 4. The van der Waals surface area contributed by atoms with Crippen molar-refractivity contribution in [2.75, 3.05) is 36.1 Å². The number of morpholine rings is 1. The van der Waals surface area contributed by atoms with Gasteiger partial charge in [0.2, 0.25) is 0 Å². The van der Waals surface area contributed by atoms with Gasteiger partial charge >= 0.3 is 0 Å². The Balaban J connectivity index is 1.61. The van der Waals surface area contributed by atoms with Crippen LogP contribution in [-0.2, 0) is 11.3 Å². The van der Waals surface area contributed by atoms with Crippen LogP contribution in [0.2, 0.25) is 0 Å². The Morgan fingerprint density at radius 2 is 1.84 bits per heavy atom. The van der Waals surface area contributed by atoms with Crippen LogP contribution in [0.3, 0.4) is 0 Å². The average molecular weight is 346 g/mol. The molecule has 7 heteroatoms. The van der Waals surface area contributed by atoms with Crippen LogP contribution in [0.4, 0.5) is 20.4 Å². The van der Waals surface area contributed by atoms with E-state index in [9.17, 15) is 8.78 Å². The second kappa shape index (κ2) is 6.92. The first-order chi connectivity index (χ1) is 12.2. The van der Waals surface area contributed by atoms with Gasteiger partial charge in [-0.05, 0) is 25.0 Å². The second-order valence-electron chi connectivity index (χ2n) is 6.39. The standard InChI is InChI=1S/C18H20F2N4O/c19-15-2-1-3-16(20)14(15)11-24(13-4-5-13)18-10-17(21-12-22-18)23-6-8-25-9-7-23/h1-3,10,12-13H,4-9,11H2. The zero-order chi connectivity index (χ0) is 17.2. The summed E-state index contributed by atoms with van der Waals surface area (Å²) in [5, 5.41) is 0. The predicted octanol–water partition coefficient (Wildman–Crippen LogP) is 2.76. The zero-order valence-corrected chi connectivity index (χ0v) is 13.9. The normalized spacial score (nSPS) is 17.6. The molecule has 1 saturated carbocycles. The van der Waals surface area contributed by atoms with E-state index in [2.05, 4.69) is 14.9 Å². The van der Waals surface area contributed by atoms with Gasteiger partial charge < -0.3 is 14.5 Å². The molecule has 1 aliphatic carbocycles. The van der Waals surface area contributed by atoms with Gasteiger partial charge in [0.1, 0.15) is 29.6 Å². The molecule has 0 atom stereocenters. The van der Waals surface area contributed by atoms with Crippen LogP contribution in [0.5, 0.6) is 0 Å². The molecule has 1 aromatic carbocycles. The van der Waals surface area contributed by atoms with Crippen LogP contribution in [-0.4, -0.2) is 42.3 Å². The van der Waals surface area contributed by atoms with E-state index in [1.807, 2.05) is 11.0 Å². The lowest BCUT2D eigenvalue weighted by Gasteiger charge is -2.29. The molecule has 0 amide bonds. The number of ether oxygens (including phenoxy) is 1. The van der Waals surface area contributed by atoms with Crippen LogP contribution in [0.25, 0.3) is 0 Å². The monoisotopic (exact) mass is 346 g/mol. The van der Waals surface area contributed by atoms with E-state index in [0.717, 1.165) is 31.7 Å². The summed E-state index contributed by atoms with van der Waals surface area (Å²) >= 11 is 0. The molecular weight excluding hydrogens is 326 g/mol. The highest BCUT2D eigenvalue weighted by molar-refractivity contribution is 5.52. The van der Waals surface area contributed by atoms with E-state index in [1.165, 1.54) is 24.5 Å². The molecule has 1 aromatic heterocycles. The highest BCUT2D eigenvalue weighted by atomic mass is 19.1. The van der Waals surface area contributed by atoms with Crippen molar-refractivity contribution in [3.63, 3.8) is 0 Å². The third-order valence-electron chi connectivity index (χ3n) is 4.65. The Morgan fingerprint density at radius 3 is 2.52 bits per heavy atom. The molecule has 2 fully saturated rings. The van der Waals surface area contributed by atoms with Gasteiger partial charge in [0.15, 0.2) is 0 Å². The first-order valence-electron chi connectivity index (χ1n) is 8.56. The summed E-state index contributed by atoms with van der Waals surface area (Å²) in [5.41, 5.74) is 0.0842. The Labute approximate surface area is 145 Å². The van der Waals surface area contributed by atoms with Gasteiger partial charge in [0, 0.05) is 30.8 Å². The summed E-state index contributed by atoms with van der Waals surface area (Å²) in [4.78, 5) is 12.8. The Morgan fingerprint density at radius 1 is 1.12 bits per heavy atom. The molecule has 132 valence electrons. The van der Waals surface area contributed by atoms with Gasteiger partial charge in [-0.3, -0.25) is 0 Å². The zero-order valence-electron chi connectivity index (χ0n) is 13.9. The molecule has 0 unspecified atom stereocenters. The van der Waals surface area contributed by atoms with Crippen LogP contribution in [0, 0.1) is 11.6 Å². The quantitative estimate of drug-likeness (QED) is 0.833. The van der Waals surface area contributed by atoms with Gasteiger partial charge in [-0.2, -0.15) is 0 Å². The minimum absolute atomic E-state index is 0.0842. The number of benzene rings is 1. The topological polar surface area (TPSA) is 41.5 Å². The van der Waals surface area contributed by atoms with Gasteiger partial charge in [0.25, 0.3) is 0 Å². The maximum Gasteiger partial charge on any atom is 0.134 e. The number of halogens is 2. The molecule has 4 rings (SSSR count). The van der Waals surface area contributed by atoms with E-state index >= 15 is 0 Å². The molecule has 2 aromatic rings. The van der Waals surface area contributed by atoms with Crippen molar-refractivity contribution in [1.29, 1.82) is 0 Å². The van der Waals surface area contributed by atoms with Gasteiger partial charge in [-0.15, -0.1) is 0 Å². The third kappa shape index (κ3) is 3.56. The Bertz CT molecular complexity index is 727. The van der Waals surface area contributed by atoms with Crippen LogP contribution in [0.1, 0.15) is 18.4 Å². The molecule has 0 radical (unpaired) electrons. The lowest BCUT2D eigenvalue weighted by Crippen LogP contribution is -2.37. The van der Waals surface area contributed by atoms with Crippen LogP contribution >= 0.6 is 0 Å². The van der Waals surface area contributed by atoms with Crippen LogP contribution in [0.15, 0.2) is 30.6 Å². The van der Waals surface area contributed by atoms with Crippen molar-refractivity contribution in [2.45, 2.75) is 25.4 Å². The summed E-state index contributed by atoms with van der Waals surface area (Å²) in [6.45, 7) is 3.07. The van der Waals surface area contributed by atoms with Crippen LogP contribution < -0.4 is 9.80 Å². The Hall–Kier alpha value is -2.28. The lowest BCUT2D eigenvalue weighted by molar-refractivity contribution is 0.122. The fourth-order valence-electron chi connectivity index (χ4n) is 3.10. The summed E-state index contributed by atoms with van der Waals surface area (Å²) in [5.74, 6) is 0.496. The maximum atomic E-state index is 14.1. The summed E-state index contributed by atoms with van der Waals surface area (Å²) < 4.78 is 33.5. The third-order valence-corrected chi connectivity index (χ3v) is 4.65. The molecule has 2 aliphatic rings. The Kier molecular flexibility index (Phi) is 4.48. The predicted molar refractivity (Wildman–Crippen MR) is 90.6 cm³/mol. The molecule has 25 heavy (non-hydrogen) atoms. The SMILES string of the molecule is Fc1cccc(F)c1CN(c1cc(N2CCOCC2)ncn1)C1CC1. The molecule has 5 nitrogen and oxygen atoms in total. The van der Waals surface area contributed by atoms with E-state index in [-0.39, 0.29) is 18.2 Å². The average Bonchev–Trinajstić information content (AvgIpc) is 3.47. The number of hydrogen-bond acceptors (Lipinski definition) is 5. The van der Waals surface area contributed by atoms with E-state index in [4.69, 9.17) is 4.74 Å². The first-order valence-corrected chi connectivity index (χ1v) is 8.56. The molecular formula is C18H20F2N4O. The molecule has 2 heterocycles. The van der Waals surface area contributed by atoms with Crippen molar-refractivity contribution in [3.8, 4) is 0 Å². The van der Waals surface area contributed by atoms with Crippen molar-refractivity contribution in [3.05, 3.63) is 47.8 Å². The van der Waals surface area contributed by atoms with Crippen molar-refractivity contribution in [2.24, 2.45) is 0 Å². The molecule has 0 N–H and O–H groups in total. The molecule has 1 aliphatic heterocycles. The highest BCUT2D eigenvalue weighted by Crippen LogP contribution is 2.33. The molecule has 0 spiro atoms. The van der Waals surface area contributed by atoms with E-state index < -0.39 is 11.6 Å². The summed E-state index contributed by atoms with van der Waals surface area (Å²) in [6, 6.07) is 6.15. The summed E-state index contributed by atoms with van der Waals surface area (Å²) in [7, 11) is 0. The van der Waals surface area contributed by atoms with Gasteiger partial charge in [0.05, 0.1) is 19.8 Å². The first kappa shape index (κ1) is 16.2. The molecule has 0 bridgehead atoms. The van der Waals surface area contributed by atoms with Crippen molar-refractivity contribution < 1.29 is 13.5 Å². The smallest absolute Gasteiger partial charge is 0.134 e. The van der Waals surface area contributed by atoms with E-state index in [1.54, 1.807) is 0 Å². The minimum atomic E-state index is -0.520. The minimum Gasteiger partial charge on any atom is -0.378 e. The van der Waals surface area contributed by atoms with Crippen molar-refractivity contribution >= 4 is 11.6 Å². The highest BCUT2D eigenvalue weighted by Gasteiger charge is 2.31. The lowest BCUT2D eigenvalue weighted by atomic mass is 10.2.